The molecule has 104 valence electrons. The Balaban J connectivity index is 2.80. The fraction of sp³-hybridized carbons (Fsp3) is 0.727. The number of unbranched alkanes of at least 4 members (excludes halogenated alkanes) is 2. The van der Waals surface area contributed by atoms with Crippen LogP contribution in [0.2, 0.25) is 0 Å². The molecule has 0 spiro atoms. The second-order valence-corrected chi connectivity index (χ2v) is 5.96. The normalized spacial score (nSPS) is 11.9. The van der Waals surface area contributed by atoms with Crippen molar-refractivity contribution in [1.29, 1.82) is 0 Å². The molecule has 3 N–H and O–H groups in total. The first kappa shape index (κ1) is 15.1. The van der Waals surface area contributed by atoms with Crippen molar-refractivity contribution in [3.8, 4) is 0 Å². The van der Waals surface area contributed by atoms with E-state index in [2.05, 4.69) is 27.2 Å². The van der Waals surface area contributed by atoms with Gasteiger partial charge in [0.05, 0.1) is 11.4 Å². The summed E-state index contributed by atoms with van der Waals surface area (Å²) in [6.45, 7) is 4.70. The predicted octanol–water partition coefficient (Wildman–Crippen LogP) is 0.906. The molecule has 1 rings (SSSR count). The Morgan fingerprint density at radius 2 is 2.06 bits per heavy atom. The molecule has 0 unspecified atom stereocenters. The van der Waals surface area contributed by atoms with Gasteiger partial charge in [0.2, 0.25) is 10.0 Å². The Hall–Kier alpha value is -0.920. The standard InChI is InChI=1S/C11H22N4O2S/c1-4-5-6-7-13-18(16,17)11-9(2)14-15-10(11)8-12-3/h12-13H,4-8H2,1-3H3,(H,14,15). The average Bonchev–Trinajstić information content (AvgIpc) is 2.67. The quantitative estimate of drug-likeness (QED) is 0.615. The van der Waals surface area contributed by atoms with Crippen molar-refractivity contribution in [3.63, 3.8) is 0 Å². The van der Waals surface area contributed by atoms with Crippen molar-refractivity contribution in [2.24, 2.45) is 0 Å². The largest absolute Gasteiger partial charge is 0.314 e. The maximum Gasteiger partial charge on any atom is 0.244 e. The van der Waals surface area contributed by atoms with E-state index < -0.39 is 10.0 Å². The van der Waals surface area contributed by atoms with Crippen LogP contribution >= 0.6 is 0 Å². The first-order valence-corrected chi connectivity index (χ1v) is 7.69. The summed E-state index contributed by atoms with van der Waals surface area (Å²) in [7, 11) is -1.71. The number of sulfonamides is 1. The summed E-state index contributed by atoms with van der Waals surface area (Å²) >= 11 is 0. The van der Waals surface area contributed by atoms with Gasteiger partial charge in [-0.3, -0.25) is 5.10 Å². The molecule has 1 aromatic rings. The van der Waals surface area contributed by atoms with E-state index in [-0.39, 0.29) is 4.90 Å². The number of nitrogens with one attached hydrogen (secondary N) is 3. The van der Waals surface area contributed by atoms with Crippen LogP contribution in [0.4, 0.5) is 0 Å². The van der Waals surface area contributed by atoms with Gasteiger partial charge in [-0.2, -0.15) is 5.10 Å². The number of nitrogens with zero attached hydrogens (tertiary/aromatic N) is 1. The van der Waals surface area contributed by atoms with Crippen LogP contribution in [0.25, 0.3) is 0 Å². The summed E-state index contributed by atoms with van der Waals surface area (Å²) < 4.78 is 27.0. The van der Waals surface area contributed by atoms with Gasteiger partial charge in [0.1, 0.15) is 4.90 Å². The highest BCUT2D eigenvalue weighted by Crippen LogP contribution is 2.17. The fourth-order valence-electron chi connectivity index (χ4n) is 1.77. The molecule has 0 aliphatic carbocycles. The van der Waals surface area contributed by atoms with Gasteiger partial charge in [-0.15, -0.1) is 0 Å². The molecule has 0 fully saturated rings. The molecular weight excluding hydrogens is 252 g/mol. The summed E-state index contributed by atoms with van der Waals surface area (Å²) in [5, 5.41) is 9.64. The van der Waals surface area contributed by atoms with Crippen molar-refractivity contribution >= 4 is 10.0 Å². The van der Waals surface area contributed by atoms with E-state index in [9.17, 15) is 8.42 Å². The van der Waals surface area contributed by atoms with Gasteiger partial charge >= 0.3 is 0 Å². The molecule has 0 aliphatic rings. The molecule has 0 radical (unpaired) electrons. The molecule has 18 heavy (non-hydrogen) atoms. The van der Waals surface area contributed by atoms with Crippen molar-refractivity contribution in [2.75, 3.05) is 13.6 Å². The van der Waals surface area contributed by atoms with Crippen LogP contribution in [0.1, 0.15) is 37.6 Å². The molecule has 0 aromatic carbocycles. The lowest BCUT2D eigenvalue weighted by Crippen LogP contribution is -2.26. The zero-order valence-corrected chi connectivity index (χ0v) is 12.0. The predicted molar refractivity (Wildman–Crippen MR) is 70.8 cm³/mol. The third kappa shape index (κ3) is 3.79. The average molecular weight is 274 g/mol. The monoisotopic (exact) mass is 274 g/mol. The molecule has 0 atom stereocenters. The zero-order chi connectivity index (χ0) is 13.6. The summed E-state index contributed by atoms with van der Waals surface area (Å²) in [4.78, 5) is 0.272. The van der Waals surface area contributed by atoms with E-state index in [1.807, 2.05) is 0 Å². The third-order valence-electron chi connectivity index (χ3n) is 2.65. The number of aromatic nitrogens is 2. The van der Waals surface area contributed by atoms with Crippen LogP contribution in [0.15, 0.2) is 4.90 Å². The minimum atomic E-state index is -3.46. The second kappa shape index (κ2) is 6.86. The number of hydrogen-bond donors (Lipinski definition) is 3. The molecule has 0 saturated heterocycles. The lowest BCUT2D eigenvalue weighted by molar-refractivity contribution is 0.573. The van der Waals surface area contributed by atoms with Gasteiger partial charge in [-0.05, 0) is 20.4 Å². The molecule has 0 bridgehead atoms. The maximum absolute atomic E-state index is 12.2. The molecule has 6 nitrogen and oxygen atoms in total. The molecule has 1 aromatic heterocycles. The van der Waals surface area contributed by atoms with Gasteiger partial charge in [0, 0.05) is 13.1 Å². The van der Waals surface area contributed by atoms with E-state index in [1.54, 1.807) is 14.0 Å². The van der Waals surface area contributed by atoms with Gasteiger partial charge in [-0.1, -0.05) is 19.8 Å². The summed E-state index contributed by atoms with van der Waals surface area (Å²) in [6.07, 6.45) is 2.95. The topological polar surface area (TPSA) is 86.9 Å². The Bertz CT molecular complexity index is 467. The third-order valence-corrected chi connectivity index (χ3v) is 4.31. The Morgan fingerprint density at radius 3 is 2.67 bits per heavy atom. The van der Waals surface area contributed by atoms with Crippen LogP contribution in [0, 0.1) is 6.92 Å². The molecule has 0 amide bonds. The Labute approximate surface area is 109 Å². The van der Waals surface area contributed by atoms with Gasteiger partial charge in [0.15, 0.2) is 0 Å². The van der Waals surface area contributed by atoms with Gasteiger partial charge < -0.3 is 5.32 Å². The van der Waals surface area contributed by atoms with E-state index in [1.165, 1.54) is 0 Å². The number of H-pyrrole nitrogens is 1. The zero-order valence-electron chi connectivity index (χ0n) is 11.2. The summed E-state index contributed by atoms with van der Waals surface area (Å²) in [5.74, 6) is 0. The van der Waals surface area contributed by atoms with E-state index >= 15 is 0 Å². The Morgan fingerprint density at radius 1 is 1.33 bits per heavy atom. The minimum absolute atomic E-state index is 0.272. The van der Waals surface area contributed by atoms with Gasteiger partial charge in [-0.25, -0.2) is 13.1 Å². The van der Waals surface area contributed by atoms with E-state index in [0.29, 0.717) is 24.5 Å². The summed E-state index contributed by atoms with van der Waals surface area (Å²) in [5.41, 5.74) is 1.10. The van der Waals surface area contributed by atoms with Crippen molar-refractivity contribution in [1.82, 2.24) is 20.2 Å². The highest BCUT2D eigenvalue weighted by atomic mass is 32.2. The van der Waals surface area contributed by atoms with Crippen LogP contribution in [-0.4, -0.2) is 32.2 Å². The molecule has 0 saturated carbocycles. The summed E-state index contributed by atoms with van der Waals surface area (Å²) in [6, 6.07) is 0. The van der Waals surface area contributed by atoms with E-state index in [4.69, 9.17) is 0 Å². The van der Waals surface area contributed by atoms with Crippen molar-refractivity contribution in [3.05, 3.63) is 11.4 Å². The van der Waals surface area contributed by atoms with Crippen molar-refractivity contribution in [2.45, 2.75) is 44.6 Å². The fourth-order valence-corrected chi connectivity index (χ4v) is 3.20. The first-order valence-electron chi connectivity index (χ1n) is 6.21. The SMILES string of the molecule is CCCCCNS(=O)(=O)c1c(CNC)n[nH]c1C. The first-order chi connectivity index (χ1) is 8.53. The lowest BCUT2D eigenvalue weighted by atomic mass is 10.3. The highest BCUT2D eigenvalue weighted by molar-refractivity contribution is 7.89. The number of rotatable bonds is 8. The number of aromatic amines is 1. The number of hydrogen-bond acceptors (Lipinski definition) is 4. The van der Waals surface area contributed by atoms with Crippen LogP contribution in [0.5, 0.6) is 0 Å². The van der Waals surface area contributed by atoms with Crippen LogP contribution in [0.3, 0.4) is 0 Å². The smallest absolute Gasteiger partial charge is 0.244 e. The molecule has 0 aliphatic heterocycles. The lowest BCUT2D eigenvalue weighted by Gasteiger charge is -2.07. The highest BCUT2D eigenvalue weighted by Gasteiger charge is 2.23. The number of aryl methyl sites for hydroxylation is 1. The Kier molecular flexibility index (Phi) is 5.77. The molecule has 1 heterocycles. The molecular formula is C11H22N4O2S. The second-order valence-electron chi connectivity index (χ2n) is 4.26. The van der Waals surface area contributed by atoms with Crippen molar-refractivity contribution < 1.29 is 8.42 Å². The van der Waals surface area contributed by atoms with Crippen LogP contribution in [-0.2, 0) is 16.6 Å². The minimum Gasteiger partial charge on any atom is -0.314 e. The maximum atomic E-state index is 12.2. The van der Waals surface area contributed by atoms with Gasteiger partial charge in [0.25, 0.3) is 0 Å². The van der Waals surface area contributed by atoms with Crippen LogP contribution < -0.4 is 10.0 Å². The van der Waals surface area contributed by atoms with E-state index in [0.717, 1.165) is 19.3 Å². The molecule has 7 heteroatoms.